The summed E-state index contributed by atoms with van der Waals surface area (Å²) in [6.07, 6.45) is 0.163. The van der Waals surface area contributed by atoms with Gasteiger partial charge in [0.05, 0.1) is 23.6 Å². The Morgan fingerprint density at radius 2 is 2.00 bits per heavy atom. The number of nitro groups is 1. The Balaban J connectivity index is 1.75. The molecule has 2 aliphatic heterocycles. The number of non-ortho nitro benzene ring substituents is 1. The molecule has 23 heavy (non-hydrogen) atoms. The summed E-state index contributed by atoms with van der Waals surface area (Å²) in [5.74, 6) is 0. The Labute approximate surface area is 134 Å². The molecule has 0 aromatic heterocycles. The van der Waals surface area contributed by atoms with Gasteiger partial charge in [-0.1, -0.05) is 0 Å². The molecule has 3 atom stereocenters. The van der Waals surface area contributed by atoms with Crippen LogP contribution in [0.25, 0.3) is 0 Å². The molecule has 0 N–H and O–H groups in total. The van der Waals surface area contributed by atoms with Crippen molar-refractivity contribution in [3.8, 4) is 0 Å². The fourth-order valence-corrected chi connectivity index (χ4v) is 3.13. The van der Waals surface area contributed by atoms with Gasteiger partial charge in [-0.25, -0.2) is 4.79 Å². The highest BCUT2D eigenvalue weighted by atomic mass is 16.6. The standard InChI is InChI=1S/C16H20N2O5/c1-16(2,3)23-15(19)17-9-12-8-13(17)14(22-12)10-4-6-11(7-5-10)18(20)21/h4-7,12-14H,8-9H2,1-3H3/t12-,13-,14+/m1/s1. The van der Waals surface area contributed by atoms with Crippen molar-refractivity contribution in [2.75, 3.05) is 6.54 Å². The highest BCUT2D eigenvalue weighted by molar-refractivity contribution is 5.69. The van der Waals surface area contributed by atoms with Gasteiger partial charge in [0.15, 0.2) is 0 Å². The van der Waals surface area contributed by atoms with Crippen LogP contribution >= 0.6 is 0 Å². The lowest BCUT2D eigenvalue weighted by molar-refractivity contribution is -0.384. The molecule has 3 rings (SSSR count). The van der Waals surface area contributed by atoms with E-state index in [1.807, 2.05) is 20.8 Å². The minimum absolute atomic E-state index is 0.00675. The second kappa shape index (κ2) is 5.49. The topological polar surface area (TPSA) is 81.9 Å². The molecular weight excluding hydrogens is 300 g/mol. The zero-order chi connectivity index (χ0) is 16.8. The summed E-state index contributed by atoms with van der Waals surface area (Å²) >= 11 is 0. The van der Waals surface area contributed by atoms with Crippen LogP contribution in [0.2, 0.25) is 0 Å². The SMILES string of the molecule is CC(C)(C)OC(=O)N1C[C@H]2C[C@@H]1[C@H](c1ccc([N+](=O)[O-])cc1)O2. The number of carbonyl (C=O) groups is 1. The average molecular weight is 320 g/mol. The van der Waals surface area contributed by atoms with E-state index in [1.54, 1.807) is 17.0 Å². The first kappa shape index (κ1) is 15.7. The summed E-state index contributed by atoms with van der Waals surface area (Å²) in [5.41, 5.74) is 0.347. The number of benzene rings is 1. The van der Waals surface area contributed by atoms with E-state index < -0.39 is 10.5 Å². The molecule has 0 radical (unpaired) electrons. The number of rotatable bonds is 2. The third-order valence-corrected chi connectivity index (χ3v) is 4.05. The number of hydrogen-bond donors (Lipinski definition) is 0. The average Bonchev–Trinajstić information content (AvgIpc) is 3.05. The van der Waals surface area contributed by atoms with Crippen molar-refractivity contribution in [2.24, 2.45) is 0 Å². The van der Waals surface area contributed by atoms with E-state index in [0.717, 1.165) is 12.0 Å². The number of amides is 1. The number of likely N-dealkylation sites (tertiary alicyclic amines) is 1. The first-order chi connectivity index (χ1) is 10.7. The first-order valence-corrected chi connectivity index (χ1v) is 7.64. The van der Waals surface area contributed by atoms with Crippen LogP contribution in [0.3, 0.4) is 0 Å². The summed E-state index contributed by atoms with van der Waals surface area (Å²) in [7, 11) is 0. The van der Waals surface area contributed by atoms with Crippen LogP contribution in [0.15, 0.2) is 24.3 Å². The number of fused-ring (bicyclic) bond motifs is 2. The van der Waals surface area contributed by atoms with Crippen LogP contribution in [-0.4, -0.2) is 40.2 Å². The van der Waals surface area contributed by atoms with Gasteiger partial charge in [-0.3, -0.25) is 15.0 Å². The zero-order valence-electron chi connectivity index (χ0n) is 13.4. The Morgan fingerprint density at radius 1 is 1.35 bits per heavy atom. The van der Waals surface area contributed by atoms with E-state index in [-0.39, 0.29) is 30.0 Å². The summed E-state index contributed by atoms with van der Waals surface area (Å²) < 4.78 is 11.4. The largest absolute Gasteiger partial charge is 0.444 e. The van der Waals surface area contributed by atoms with Gasteiger partial charge in [0.1, 0.15) is 11.7 Å². The van der Waals surface area contributed by atoms with Crippen molar-refractivity contribution < 1.29 is 19.2 Å². The third kappa shape index (κ3) is 3.14. The maximum atomic E-state index is 12.3. The van der Waals surface area contributed by atoms with Crippen LogP contribution < -0.4 is 0 Å². The van der Waals surface area contributed by atoms with Crippen LogP contribution in [0.5, 0.6) is 0 Å². The van der Waals surface area contributed by atoms with Gasteiger partial charge in [0.2, 0.25) is 0 Å². The Morgan fingerprint density at radius 3 is 2.52 bits per heavy atom. The van der Waals surface area contributed by atoms with Crippen molar-refractivity contribution >= 4 is 11.8 Å². The van der Waals surface area contributed by atoms with Crippen LogP contribution in [0, 0.1) is 10.1 Å². The Bertz CT molecular complexity index is 622. The van der Waals surface area contributed by atoms with Gasteiger partial charge in [-0.05, 0) is 44.9 Å². The molecule has 0 unspecified atom stereocenters. The van der Waals surface area contributed by atoms with E-state index in [2.05, 4.69) is 0 Å². The number of nitro benzene ring substituents is 1. The van der Waals surface area contributed by atoms with Gasteiger partial charge in [0, 0.05) is 12.1 Å². The molecule has 2 heterocycles. The highest BCUT2D eigenvalue weighted by Gasteiger charge is 2.49. The van der Waals surface area contributed by atoms with E-state index in [9.17, 15) is 14.9 Å². The summed E-state index contributed by atoms with van der Waals surface area (Å²) in [6, 6.07) is 6.22. The van der Waals surface area contributed by atoms with Gasteiger partial charge < -0.3 is 9.47 Å². The molecule has 2 aliphatic rings. The lowest BCUT2D eigenvalue weighted by Crippen LogP contribution is -2.45. The molecule has 124 valence electrons. The van der Waals surface area contributed by atoms with E-state index in [0.29, 0.717) is 6.54 Å². The predicted octanol–water partition coefficient (Wildman–Crippen LogP) is 3.04. The first-order valence-electron chi connectivity index (χ1n) is 7.64. The maximum Gasteiger partial charge on any atom is 0.410 e. The number of hydrogen-bond acceptors (Lipinski definition) is 5. The van der Waals surface area contributed by atoms with Crippen molar-refractivity contribution in [2.45, 2.75) is 51.0 Å². The predicted molar refractivity (Wildman–Crippen MR) is 82.1 cm³/mol. The van der Waals surface area contributed by atoms with Gasteiger partial charge >= 0.3 is 6.09 Å². The molecule has 1 aromatic carbocycles. The monoisotopic (exact) mass is 320 g/mol. The molecule has 0 saturated carbocycles. The fraction of sp³-hybridized carbons (Fsp3) is 0.562. The van der Waals surface area contributed by atoms with E-state index >= 15 is 0 Å². The molecule has 2 saturated heterocycles. The number of nitrogens with zero attached hydrogens (tertiary/aromatic N) is 2. The van der Waals surface area contributed by atoms with Crippen LogP contribution in [0.4, 0.5) is 10.5 Å². The Kier molecular flexibility index (Phi) is 3.75. The molecule has 1 aromatic rings. The molecule has 0 spiro atoms. The molecule has 7 nitrogen and oxygen atoms in total. The van der Waals surface area contributed by atoms with Gasteiger partial charge in [-0.2, -0.15) is 0 Å². The lowest BCUT2D eigenvalue weighted by Gasteiger charge is -2.34. The van der Waals surface area contributed by atoms with Crippen LogP contribution in [-0.2, 0) is 9.47 Å². The quantitative estimate of drug-likeness (QED) is 0.618. The normalized spacial score (nSPS) is 26.4. The molecule has 2 fully saturated rings. The van der Waals surface area contributed by atoms with Crippen LogP contribution in [0.1, 0.15) is 38.9 Å². The zero-order valence-corrected chi connectivity index (χ0v) is 13.4. The molecule has 7 heteroatoms. The van der Waals surface area contributed by atoms with E-state index in [4.69, 9.17) is 9.47 Å². The second-order valence-electron chi connectivity index (χ2n) is 6.96. The lowest BCUT2D eigenvalue weighted by atomic mass is 10.0. The van der Waals surface area contributed by atoms with Crippen molar-refractivity contribution in [3.63, 3.8) is 0 Å². The highest BCUT2D eigenvalue weighted by Crippen LogP contribution is 2.42. The molecular formula is C16H20N2O5. The summed E-state index contributed by atoms with van der Waals surface area (Å²) in [5, 5.41) is 10.7. The number of morpholine rings is 1. The smallest absolute Gasteiger partial charge is 0.410 e. The maximum absolute atomic E-state index is 12.3. The number of ether oxygens (including phenoxy) is 2. The molecule has 0 aliphatic carbocycles. The van der Waals surface area contributed by atoms with Gasteiger partial charge in [-0.15, -0.1) is 0 Å². The minimum Gasteiger partial charge on any atom is -0.444 e. The molecule has 1 amide bonds. The fourth-order valence-electron chi connectivity index (χ4n) is 3.13. The van der Waals surface area contributed by atoms with Crippen molar-refractivity contribution in [1.82, 2.24) is 4.90 Å². The Hall–Kier alpha value is -2.15. The van der Waals surface area contributed by atoms with Crippen molar-refractivity contribution in [3.05, 3.63) is 39.9 Å². The van der Waals surface area contributed by atoms with Crippen molar-refractivity contribution in [1.29, 1.82) is 0 Å². The summed E-state index contributed by atoms with van der Waals surface area (Å²) in [4.78, 5) is 24.4. The summed E-state index contributed by atoms with van der Waals surface area (Å²) in [6.45, 7) is 6.04. The minimum atomic E-state index is -0.539. The number of carbonyl (C=O) groups excluding carboxylic acids is 1. The van der Waals surface area contributed by atoms with Gasteiger partial charge in [0.25, 0.3) is 5.69 Å². The van der Waals surface area contributed by atoms with E-state index in [1.165, 1.54) is 12.1 Å². The second-order valence-corrected chi connectivity index (χ2v) is 6.96. The molecule has 2 bridgehead atoms. The third-order valence-electron chi connectivity index (χ3n) is 4.05.